The molecular weight excluding hydrogens is 208 g/mol. The van der Waals surface area contributed by atoms with Gasteiger partial charge in [0.25, 0.3) is 0 Å². The van der Waals surface area contributed by atoms with E-state index >= 15 is 0 Å². The first-order valence-electron chi connectivity index (χ1n) is 4.76. The summed E-state index contributed by atoms with van der Waals surface area (Å²) >= 11 is 0. The largest absolute Gasteiger partial charge is 0.435 e. The van der Waals surface area contributed by atoms with E-state index in [1.165, 1.54) is 21.0 Å². The Bertz CT molecular complexity index is 315. The molecule has 0 heterocycles. The fraction of sp³-hybridized carbons (Fsp3) is 0.333. The van der Waals surface area contributed by atoms with Crippen LogP contribution in [0.1, 0.15) is 24.2 Å². The van der Waals surface area contributed by atoms with Crippen LogP contribution in [0.2, 0.25) is 0 Å². The Balaban J connectivity index is 0.000000487. The van der Waals surface area contributed by atoms with Crippen LogP contribution in [0.3, 0.4) is 0 Å². The van der Waals surface area contributed by atoms with Crippen LogP contribution in [-0.2, 0) is 14.3 Å². The second-order valence-electron chi connectivity index (χ2n) is 3.11. The monoisotopic (exact) mass is 224 g/mol. The highest BCUT2D eigenvalue weighted by Gasteiger charge is 2.03. The lowest BCUT2D eigenvalue weighted by atomic mass is 10.2. The average molecular weight is 224 g/mol. The van der Waals surface area contributed by atoms with Gasteiger partial charge in [-0.3, -0.25) is 0 Å². The number of carbonyl (C=O) groups is 2. The minimum absolute atomic E-state index is 0.00622. The lowest BCUT2D eigenvalue weighted by Crippen LogP contribution is -2.06. The van der Waals surface area contributed by atoms with E-state index in [1.54, 1.807) is 24.3 Å². The molecule has 0 saturated heterocycles. The molecule has 0 bridgehead atoms. The quantitative estimate of drug-likeness (QED) is 0.582. The van der Waals surface area contributed by atoms with Crippen molar-refractivity contribution >= 4 is 11.8 Å². The van der Waals surface area contributed by atoms with E-state index in [4.69, 9.17) is 4.74 Å². The van der Waals surface area contributed by atoms with Crippen LogP contribution < -0.4 is 0 Å². The van der Waals surface area contributed by atoms with Gasteiger partial charge in [0.2, 0.25) is 0 Å². The predicted molar refractivity (Wildman–Crippen MR) is 60.1 cm³/mol. The number of hydrogen-bond donors (Lipinski definition) is 0. The van der Waals surface area contributed by atoms with Crippen LogP contribution in [0, 0.1) is 0 Å². The van der Waals surface area contributed by atoms with Crippen LogP contribution in [0.25, 0.3) is 0 Å². The number of methoxy groups -OCH3 is 1. The second kappa shape index (κ2) is 8.61. The minimum Gasteiger partial charge on any atom is -0.435 e. The zero-order valence-corrected chi connectivity index (χ0v) is 9.73. The Hall–Kier alpha value is -1.68. The van der Waals surface area contributed by atoms with Crippen LogP contribution in [0.5, 0.6) is 0 Å². The Labute approximate surface area is 95.2 Å². The molecule has 0 aliphatic heterocycles. The number of rotatable bonds is 3. The summed E-state index contributed by atoms with van der Waals surface area (Å²) < 4.78 is 9.31. The van der Waals surface area contributed by atoms with E-state index in [-0.39, 0.29) is 18.5 Å². The molecule has 0 unspecified atom stereocenters. The molecule has 0 amide bonds. The van der Waals surface area contributed by atoms with Crippen molar-refractivity contribution < 1.29 is 19.1 Å². The molecule has 0 aliphatic carbocycles. The third-order valence-electron chi connectivity index (χ3n) is 1.32. The van der Waals surface area contributed by atoms with E-state index in [0.29, 0.717) is 5.56 Å². The first-order valence-corrected chi connectivity index (χ1v) is 4.76. The topological polar surface area (TPSA) is 52.6 Å². The highest BCUT2D eigenvalue weighted by atomic mass is 16.7. The maximum atomic E-state index is 11.1. The highest BCUT2D eigenvalue weighted by Crippen LogP contribution is 2.00. The predicted octanol–water partition coefficient (Wildman–Crippen LogP) is 2.04. The van der Waals surface area contributed by atoms with E-state index in [2.05, 4.69) is 4.74 Å². The molecule has 0 radical (unpaired) electrons. The number of carbonyl (C=O) groups excluding carboxylic acids is 2. The lowest BCUT2D eigenvalue weighted by molar-refractivity contribution is -0.115. The molecular formula is C12H16O4. The number of ketones is 1. The molecule has 1 aromatic rings. The van der Waals surface area contributed by atoms with Gasteiger partial charge in [0.1, 0.15) is 5.78 Å². The van der Waals surface area contributed by atoms with Gasteiger partial charge in [0.15, 0.2) is 6.79 Å². The molecule has 0 saturated carbocycles. The Morgan fingerprint density at radius 2 is 1.62 bits per heavy atom. The zero-order chi connectivity index (χ0) is 12.4. The van der Waals surface area contributed by atoms with Crippen molar-refractivity contribution in [3.8, 4) is 0 Å². The van der Waals surface area contributed by atoms with Crippen molar-refractivity contribution in [2.75, 3.05) is 13.9 Å². The SMILES string of the molecule is CC(C)=O.COCOC(=O)c1ccccc1. The third kappa shape index (κ3) is 7.70. The molecule has 16 heavy (non-hydrogen) atoms. The van der Waals surface area contributed by atoms with Crippen LogP contribution in [0.15, 0.2) is 30.3 Å². The fourth-order valence-electron chi connectivity index (χ4n) is 0.770. The zero-order valence-electron chi connectivity index (χ0n) is 9.73. The smallest absolute Gasteiger partial charge is 0.340 e. The van der Waals surface area contributed by atoms with E-state index < -0.39 is 0 Å². The minimum atomic E-state index is -0.363. The van der Waals surface area contributed by atoms with Gasteiger partial charge in [-0.1, -0.05) is 18.2 Å². The number of esters is 1. The van der Waals surface area contributed by atoms with Crippen molar-refractivity contribution in [1.29, 1.82) is 0 Å². The number of ether oxygens (including phenoxy) is 2. The van der Waals surface area contributed by atoms with Crippen molar-refractivity contribution in [3.05, 3.63) is 35.9 Å². The number of Topliss-reactive ketones (excluding diaryl/α,β-unsaturated/α-hetero) is 1. The molecule has 0 spiro atoms. The third-order valence-corrected chi connectivity index (χ3v) is 1.32. The molecule has 4 nitrogen and oxygen atoms in total. The summed E-state index contributed by atoms with van der Waals surface area (Å²) in [7, 11) is 1.47. The molecule has 1 aromatic carbocycles. The highest BCUT2D eigenvalue weighted by molar-refractivity contribution is 5.89. The summed E-state index contributed by atoms with van der Waals surface area (Å²) in [6.07, 6.45) is 0. The molecule has 0 atom stereocenters. The van der Waals surface area contributed by atoms with Gasteiger partial charge in [-0.25, -0.2) is 4.79 Å². The first-order chi connectivity index (χ1) is 7.57. The molecule has 0 N–H and O–H groups in total. The molecule has 0 fully saturated rings. The van der Waals surface area contributed by atoms with Gasteiger partial charge < -0.3 is 14.3 Å². The maximum absolute atomic E-state index is 11.1. The summed E-state index contributed by atoms with van der Waals surface area (Å²) in [5, 5.41) is 0. The van der Waals surface area contributed by atoms with Crippen molar-refractivity contribution in [2.24, 2.45) is 0 Å². The van der Waals surface area contributed by atoms with E-state index in [9.17, 15) is 9.59 Å². The van der Waals surface area contributed by atoms with Gasteiger partial charge in [-0.05, 0) is 26.0 Å². The summed E-state index contributed by atoms with van der Waals surface area (Å²) in [5.41, 5.74) is 0.537. The van der Waals surface area contributed by atoms with Gasteiger partial charge in [0, 0.05) is 7.11 Å². The van der Waals surface area contributed by atoms with Crippen LogP contribution >= 0.6 is 0 Å². The standard InChI is InChI=1S/C9H10O3.C3H6O/c1-11-7-12-9(10)8-5-3-2-4-6-8;1-3(2)4/h2-6H,7H2,1H3;1-2H3. The van der Waals surface area contributed by atoms with Gasteiger partial charge >= 0.3 is 5.97 Å². The van der Waals surface area contributed by atoms with Crippen molar-refractivity contribution in [3.63, 3.8) is 0 Å². The summed E-state index contributed by atoms with van der Waals surface area (Å²) in [6.45, 7) is 3.05. The lowest BCUT2D eigenvalue weighted by Gasteiger charge is -2.01. The second-order valence-corrected chi connectivity index (χ2v) is 3.11. The number of hydrogen-bond acceptors (Lipinski definition) is 4. The van der Waals surface area contributed by atoms with Crippen LogP contribution in [-0.4, -0.2) is 25.7 Å². The average Bonchev–Trinajstić information content (AvgIpc) is 2.26. The Morgan fingerprint density at radius 3 is 2.06 bits per heavy atom. The molecule has 88 valence electrons. The summed E-state index contributed by atoms with van der Waals surface area (Å²) in [4.78, 5) is 20.5. The summed E-state index contributed by atoms with van der Waals surface area (Å²) in [5.74, 6) is -0.197. The van der Waals surface area contributed by atoms with Crippen LogP contribution in [0.4, 0.5) is 0 Å². The van der Waals surface area contributed by atoms with E-state index in [1.807, 2.05) is 6.07 Å². The van der Waals surface area contributed by atoms with Gasteiger partial charge in [0.05, 0.1) is 5.56 Å². The maximum Gasteiger partial charge on any atom is 0.340 e. The van der Waals surface area contributed by atoms with Gasteiger partial charge in [-0.2, -0.15) is 0 Å². The fourth-order valence-corrected chi connectivity index (χ4v) is 0.770. The number of benzene rings is 1. The van der Waals surface area contributed by atoms with Crippen molar-refractivity contribution in [1.82, 2.24) is 0 Å². The molecule has 1 rings (SSSR count). The summed E-state index contributed by atoms with van der Waals surface area (Å²) in [6, 6.07) is 8.79. The Kier molecular flexibility index (Phi) is 7.71. The molecule has 4 heteroatoms. The van der Waals surface area contributed by atoms with E-state index in [0.717, 1.165) is 0 Å². The first kappa shape index (κ1) is 14.3. The van der Waals surface area contributed by atoms with Crippen molar-refractivity contribution in [2.45, 2.75) is 13.8 Å². The molecule has 0 aliphatic rings. The Morgan fingerprint density at radius 1 is 1.12 bits per heavy atom. The molecule has 0 aromatic heterocycles. The van der Waals surface area contributed by atoms with Gasteiger partial charge in [-0.15, -0.1) is 0 Å². The normalized spacial score (nSPS) is 8.69.